The van der Waals surface area contributed by atoms with Gasteiger partial charge in [-0.25, -0.2) is 8.42 Å². The number of carbonyl (C=O) groups is 1. The van der Waals surface area contributed by atoms with Crippen molar-refractivity contribution >= 4 is 15.9 Å². The van der Waals surface area contributed by atoms with Gasteiger partial charge in [-0.05, 0) is 63.0 Å². The molecule has 0 radical (unpaired) electrons. The van der Waals surface area contributed by atoms with Crippen LogP contribution in [0, 0.1) is 0 Å². The number of likely N-dealkylation sites (N-methyl/N-ethyl adjacent to an activating group) is 1. The first kappa shape index (κ1) is 23.4. The average molecular weight is 444 g/mol. The molecule has 31 heavy (non-hydrogen) atoms. The van der Waals surface area contributed by atoms with Gasteiger partial charge in [0.1, 0.15) is 0 Å². The second-order valence-electron chi connectivity index (χ2n) is 8.37. The molecule has 1 aliphatic rings. The minimum absolute atomic E-state index is 0.00803. The SMILES string of the molecule is CN(C)[C@@H](CNC(=O)CCc1ccc(S(=O)(=O)N2CCCC2)cc1)Cc1ccccc1. The van der Waals surface area contributed by atoms with E-state index in [1.807, 2.05) is 44.4 Å². The predicted octanol–water partition coefficient (Wildman–Crippen LogP) is 2.69. The summed E-state index contributed by atoms with van der Waals surface area (Å²) in [5.74, 6) is 0.00803. The number of benzene rings is 2. The standard InChI is InChI=1S/C24H33N3O3S/c1-26(2)22(18-21-8-4-3-5-9-21)19-25-24(28)15-12-20-10-13-23(14-11-20)31(29,30)27-16-6-7-17-27/h3-5,8-11,13-14,22H,6-7,12,15-19H2,1-2H3,(H,25,28)/t22-/m1/s1. The van der Waals surface area contributed by atoms with Crippen LogP contribution in [-0.2, 0) is 27.7 Å². The molecule has 0 bridgehead atoms. The number of carbonyl (C=O) groups excluding carboxylic acids is 1. The van der Waals surface area contributed by atoms with Crippen molar-refractivity contribution in [1.29, 1.82) is 0 Å². The van der Waals surface area contributed by atoms with Crippen molar-refractivity contribution in [2.24, 2.45) is 0 Å². The zero-order valence-corrected chi connectivity index (χ0v) is 19.3. The molecule has 2 aromatic rings. The number of aryl methyl sites for hydroxylation is 1. The Labute approximate surface area is 186 Å². The average Bonchev–Trinajstić information content (AvgIpc) is 3.32. The summed E-state index contributed by atoms with van der Waals surface area (Å²) in [6.07, 6.45) is 3.69. The van der Waals surface area contributed by atoms with Crippen molar-refractivity contribution in [3.8, 4) is 0 Å². The highest BCUT2D eigenvalue weighted by atomic mass is 32.2. The Balaban J connectivity index is 1.47. The Morgan fingerprint density at radius 1 is 1.00 bits per heavy atom. The number of rotatable bonds is 10. The van der Waals surface area contributed by atoms with E-state index >= 15 is 0 Å². The molecule has 0 unspecified atom stereocenters. The van der Waals surface area contributed by atoms with Gasteiger partial charge in [0.05, 0.1) is 4.90 Å². The quantitative estimate of drug-likeness (QED) is 0.613. The molecule has 168 valence electrons. The first-order valence-electron chi connectivity index (χ1n) is 10.9. The van der Waals surface area contributed by atoms with E-state index in [0.717, 1.165) is 24.8 Å². The van der Waals surface area contributed by atoms with Crippen LogP contribution >= 0.6 is 0 Å². The molecule has 2 aromatic carbocycles. The normalized spacial score (nSPS) is 15.8. The summed E-state index contributed by atoms with van der Waals surface area (Å²) < 4.78 is 26.8. The monoisotopic (exact) mass is 443 g/mol. The van der Waals surface area contributed by atoms with Crippen LogP contribution < -0.4 is 5.32 Å². The molecule has 1 fully saturated rings. The molecule has 0 aliphatic carbocycles. The first-order valence-corrected chi connectivity index (χ1v) is 12.4. The van der Waals surface area contributed by atoms with Gasteiger partial charge in [-0.15, -0.1) is 0 Å². The number of hydrogen-bond acceptors (Lipinski definition) is 4. The fourth-order valence-electron chi connectivity index (χ4n) is 3.81. The minimum atomic E-state index is -3.39. The zero-order valence-electron chi connectivity index (χ0n) is 18.5. The molecule has 1 saturated heterocycles. The highest BCUT2D eigenvalue weighted by Crippen LogP contribution is 2.21. The highest BCUT2D eigenvalue weighted by molar-refractivity contribution is 7.89. The molecule has 6 nitrogen and oxygen atoms in total. The van der Waals surface area contributed by atoms with Gasteiger partial charge in [0.25, 0.3) is 0 Å². The van der Waals surface area contributed by atoms with Crippen molar-refractivity contribution in [1.82, 2.24) is 14.5 Å². The summed E-state index contributed by atoms with van der Waals surface area (Å²) in [6, 6.07) is 17.4. The largest absolute Gasteiger partial charge is 0.355 e. The predicted molar refractivity (Wildman–Crippen MR) is 123 cm³/mol. The van der Waals surface area contributed by atoms with Crippen LogP contribution in [0.15, 0.2) is 59.5 Å². The van der Waals surface area contributed by atoms with Crippen LogP contribution in [0.3, 0.4) is 0 Å². The van der Waals surface area contributed by atoms with Crippen LogP contribution in [0.4, 0.5) is 0 Å². The van der Waals surface area contributed by atoms with E-state index in [-0.39, 0.29) is 11.9 Å². The third-order valence-electron chi connectivity index (χ3n) is 5.85. The second-order valence-corrected chi connectivity index (χ2v) is 10.3. The van der Waals surface area contributed by atoms with Gasteiger partial charge in [0, 0.05) is 32.1 Å². The molecule has 1 aliphatic heterocycles. The fourth-order valence-corrected chi connectivity index (χ4v) is 5.32. The summed E-state index contributed by atoms with van der Waals surface area (Å²) in [7, 11) is 0.661. The Hall–Kier alpha value is -2.22. The van der Waals surface area contributed by atoms with Crippen LogP contribution in [0.25, 0.3) is 0 Å². The summed E-state index contributed by atoms with van der Waals surface area (Å²) in [6.45, 7) is 1.79. The maximum atomic E-state index is 12.6. The summed E-state index contributed by atoms with van der Waals surface area (Å²) in [4.78, 5) is 14.8. The summed E-state index contributed by atoms with van der Waals surface area (Å²) >= 11 is 0. The van der Waals surface area contributed by atoms with Crippen molar-refractivity contribution in [3.05, 3.63) is 65.7 Å². The van der Waals surface area contributed by atoms with E-state index in [2.05, 4.69) is 22.3 Å². The third-order valence-corrected chi connectivity index (χ3v) is 7.76. The Morgan fingerprint density at radius 2 is 1.65 bits per heavy atom. The van der Waals surface area contributed by atoms with Gasteiger partial charge >= 0.3 is 0 Å². The van der Waals surface area contributed by atoms with Gasteiger partial charge in [0.15, 0.2) is 0 Å². The van der Waals surface area contributed by atoms with Crippen LogP contribution in [0.2, 0.25) is 0 Å². The maximum absolute atomic E-state index is 12.6. The van der Waals surface area contributed by atoms with Gasteiger partial charge in [0.2, 0.25) is 15.9 Å². The number of sulfonamides is 1. The number of nitrogens with zero attached hydrogens (tertiary/aromatic N) is 2. The molecule has 7 heteroatoms. The summed E-state index contributed by atoms with van der Waals surface area (Å²) in [5.41, 5.74) is 2.21. The molecule has 0 spiro atoms. The molecular weight excluding hydrogens is 410 g/mol. The van der Waals surface area contributed by atoms with Crippen molar-refractivity contribution in [2.45, 2.75) is 43.0 Å². The fraction of sp³-hybridized carbons (Fsp3) is 0.458. The number of nitrogens with one attached hydrogen (secondary N) is 1. The van der Waals surface area contributed by atoms with Crippen molar-refractivity contribution < 1.29 is 13.2 Å². The van der Waals surface area contributed by atoms with Gasteiger partial charge in [-0.2, -0.15) is 4.31 Å². The lowest BCUT2D eigenvalue weighted by atomic mass is 10.0. The molecule has 0 aromatic heterocycles. The first-order chi connectivity index (χ1) is 14.9. The van der Waals surface area contributed by atoms with Crippen LogP contribution in [0.5, 0.6) is 0 Å². The topological polar surface area (TPSA) is 69.7 Å². The lowest BCUT2D eigenvalue weighted by Gasteiger charge is -2.24. The summed E-state index contributed by atoms with van der Waals surface area (Å²) in [5, 5.41) is 3.04. The van der Waals surface area contributed by atoms with Crippen LogP contribution in [-0.4, -0.2) is 63.3 Å². The van der Waals surface area contributed by atoms with Gasteiger partial charge < -0.3 is 10.2 Å². The molecule has 1 heterocycles. The van der Waals surface area contributed by atoms with E-state index < -0.39 is 10.0 Å². The molecule has 1 N–H and O–H groups in total. The lowest BCUT2D eigenvalue weighted by Crippen LogP contribution is -2.41. The molecule has 1 atom stereocenters. The van der Waals surface area contributed by atoms with Crippen molar-refractivity contribution in [2.75, 3.05) is 33.7 Å². The van der Waals surface area contributed by atoms with Gasteiger partial charge in [-0.3, -0.25) is 4.79 Å². The minimum Gasteiger partial charge on any atom is -0.355 e. The van der Waals surface area contributed by atoms with Crippen molar-refractivity contribution in [3.63, 3.8) is 0 Å². The molecule has 3 rings (SSSR count). The Kier molecular flexibility index (Phi) is 8.23. The second kappa shape index (κ2) is 10.9. The van der Waals surface area contributed by atoms with Gasteiger partial charge in [-0.1, -0.05) is 42.5 Å². The number of hydrogen-bond donors (Lipinski definition) is 1. The van der Waals surface area contributed by atoms with E-state index in [1.165, 1.54) is 5.56 Å². The zero-order chi connectivity index (χ0) is 22.3. The third kappa shape index (κ3) is 6.63. The van der Waals surface area contributed by atoms with Crippen LogP contribution in [0.1, 0.15) is 30.4 Å². The molecule has 1 amide bonds. The maximum Gasteiger partial charge on any atom is 0.243 e. The smallest absolute Gasteiger partial charge is 0.243 e. The lowest BCUT2D eigenvalue weighted by molar-refractivity contribution is -0.121. The van der Waals surface area contributed by atoms with E-state index in [0.29, 0.717) is 37.4 Å². The Bertz CT molecular complexity index is 938. The van der Waals surface area contributed by atoms with E-state index in [9.17, 15) is 13.2 Å². The van der Waals surface area contributed by atoms with E-state index in [1.54, 1.807) is 16.4 Å². The molecular formula is C24H33N3O3S. The number of amides is 1. The highest BCUT2D eigenvalue weighted by Gasteiger charge is 2.26. The van der Waals surface area contributed by atoms with E-state index in [4.69, 9.17) is 0 Å². The Morgan fingerprint density at radius 3 is 2.26 bits per heavy atom. The molecule has 0 saturated carbocycles.